The van der Waals surface area contributed by atoms with Gasteiger partial charge in [0.2, 0.25) is 0 Å². The summed E-state index contributed by atoms with van der Waals surface area (Å²) in [6, 6.07) is 0. The Labute approximate surface area is 99.7 Å². The van der Waals surface area contributed by atoms with Crippen LogP contribution in [0.5, 0.6) is 0 Å². The van der Waals surface area contributed by atoms with Gasteiger partial charge in [-0.1, -0.05) is 5.04 Å². The molecule has 14 heavy (non-hydrogen) atoms. The monoisotopic (exact) mass is 372 g/mol. The van der Waals surface area contributed by atoms with Crippen molar-refractivity contribution in [3.63, 3.8) is 0 Å². The second kappa shape index (κ2) is 19.3. The Morgan fingerprint density at radius 3 is 1.50 bits per heavy atom. The second-order valence-corrected chi connectivity index (χ2v) is 8.25. The summed E-state index contributed by atoms with van der Waals surface area (Å²) in [6.07, 6.45) is 5.87. The molecule has 0 fully saturated rings. The topological polar surface area (TPSA) is 27.7 Å². The minimum atomic E-state index is -0.0390. The van der Waals surface area contributed by atoms with Crippen molar-refractivity contribution in [3.8, 4) is 0 Å². The molecule has 0 rings (SSSR count). The van der Waals surface area contributed by atoms with Crippen molar-refractivity contribution < 1.29 is 37.7 Å². The van der Waals surface area contributed by atoms with Gasteiger partial charge in [0.1, 0.15) is 0 Å². The predicted molar refractivity (Wildman–Crippen MR) is 54.5 cm³/mol. The van der Waals surface area contributed by atoms with Gasteiger partial charge in [-0.2, -0.15) is 0 Å². The molecule has 0 aromatic rings. The van der Waals surface area contributed by atoms with Crippen LogP contribution in [0.25, 0.3) is 0 Å². The Morgan fingerprint density at radius 1 is 0.857 bits per heavy atom. The number of hydrogen-bond acceptors (Lipinski definition) is 3. The summed E-state index contributed by atoms with van der Waals surface area (Å²) >= 11 is -0.0390. The first kappa shape index (κ1) is 17.2. The Bertz CT molecular complexity index is 73.8. The molecule has 0 bridgehead atoms. The van der Waals surface area contributed by atoms with Crippen LogP contribution >= 0.6 is 0 Å². The Morgan fingerprint density at radius 2 is 1.29 bits per heavy atom. The molecule has 0 saturated carbocycles. The SMILES string of the molecule is CCC[CH2][Hf][CH2]CCC.COOOC. The first-order valence-corrected chi connectivity index (χ1v) is 10.4. The normalized spacial score (nSPS) is 9.14. The summed E-state index contributed by atoms with van der Waals surface area (Å²) < 4.78 is 3.30. The zero-order chi connectivity index (χ0) is 11.1. The van der Waals surface area contributed by atoms with Crippen molar-refractivity contribution in [2.24, 2.45) is 0 Å². The maximum absolute atomic E-state index is 3.97. The van der Waals surface area contributed by atoms with Crippen LogP contribution in [-0.4, -0.2) is 14.2 Å². The molecule has 3 nitrogen and oxygen atoms in total. The third-order valence-corrected chi connectivity index (χ3v) is 6.63. The van der Waals surface area contributed by atoms with Crippen molar-refractivity contribution in [1.82, 2.24) is 0 Å². The molecular weight excluding hydrogens is 347 g/mol. The fourth-order valence-electron chi connectivity index (χ4n) is 0.797. The van der Waals surface area contributed by atoms with Crippen LogP contribution in [0.4, 0.5) is 0 Å². The molecule has 0 saturated heterocycles. The molecule has 0 aromatic carbocycles. The zero-order valence-electron chi connectivity index (χ0n) is 9.97. The largest absolute Gasteiger partial charge is 0.210 e. The van der Waals surface area contributed by atoms with Crippen LogP contribution in [0, 0.1) is 0 Å². The van der Waals surface area contributed by atoms with Crippen LogP contribution in [0.3, 0.4) is 0 Å². The molecule has 0 spiro atoms. The molecule has 0 aliphatic carbocycles. The van der Waals surface area contributed by atoms with Crippen molar-refractivity contribution in [3.05, 3.63) is 0 Å². The number of rotatable bonds is 8. The number of hydrogen-bond donors (Lipinski definition) is 0. The van der Waals surface area contributed by atoms with E-state index >= 15 is 0 Å². The molecule has 0 aliphatic rings. The van der Waals surface area contributed by atoms with E-state index in [4.69, 9.17) is 0 Å². The third kappa shape index (κ3) is 23.0. The quantitative estimate of drug-likeness (QED) is 0.282. The maximum atomic E-state index is 3.97. The average Bonchev–Trinajstić information content (AvgIpc) is 2.20. The smallest absolute Gasteiger partial charge is 0.0744 e. The van der Waals surface area contributed by atoms with Gasteiger partial charge in [-0.25, -0.2) is 9.78 Å². The van der Waals surface area contributed by atoms with Crippen LogP contribution < -0.4 is 0 Å². The molecular formula is C10H24HfO3. The van der Waals surface area contributed by atoms with Crippen LogP contribution in [0.2, 0.25) is 8.35 Å². The standard InChI is InChI=1S/2C4H9.C2H6O3.Hf/c2*1-3-4-2;1-3-5-4-2;/h2*1,3-4H2,2H3;1-2H3;. The predicted octanol–water partition coefficient (Wildman–Crippen LogP) is 3.63. The minimum absolute atomic E-state index is 0.0390. The van der Waals surface area contributed by atoms with E-state index in [9.17, 15) is 0 Å². The Kier molecular flexibility index (Phi) is 23.7. The van der Waals surface area contributed by atoms with E-state index in [1.807, 2.05) is 0 Å². The Hall–Kier alpha value is 0.750. The summed E-state index contributed by atoms with van der Waals surface area (Å²) in [5.74, 6) is 0. The maximum Gasteiger partial charge on any atom is 0.0744 e. The molecule has 0 aliphatic heterocycles. The minimum Gasteiger partial charge on any atom is -0.210 e. The van der Waals surface area contributed by atoms with Crippen molar-refractivity contribution >= 4 is 0 Å². The van der Waals surface area contributed by atoms with Gasteiger partial charge in [0.25, 0.3) is 0 Å². The van der Waals surface area contributed by atoms with Gasteiger partial charge in [-0.3, -0.25) is 0 Å². The fourth-order valence-corrected chi connectivity index (χ4v) is 6.03. The van der Waals surface area contributed by atoms with Crippen molar-refractivity contribution in [2.45, 2.75) is 47.9 Å². The van der Waals surface area contributed by atoms with Gasteiger partial charge < -0.3 is 0 Å². The van der Waals surface area contributed by atoms with E-state index in [0.717, 1.165) is 0 Å². The van der Waals surface area contributed by atoms with E-state index < -0.39 is 0 Å². The summed E-state index contributed by atoms with van der Waals surface area (Å²) in [4.78, 5) is 7.94. The molecule has 0 amide bonds. The summed E-state index contributed by atoms with van der Waals surface area (Å²) in [5, 5.41) is 3.83. The van der Waals surface area contributed by atoms with Crippen molar-refractivity contribution in [2.75, 3.05) is 14.2 Å². The molecule has 86 valence electrons. The zero-order valence-corrected chi connectivity index (χ0v) is 13.6. The van der Waals surface area contributed by atoms with E-state index in [1.54, 1.807) is 8.35 Å². The molecule has 0 aromatic heterocycles. The first-order valence-electron chi connectivity index (χ1n) is 5.27. The fraction of sp³-hybridized carbons (Fsp3) is 1.00. The van der Waals surface area contributed by atoms with Gasteiger partial charge in [-0.15, -0.1) is 0 Å². The molecule has 0 atom stereocenters. The van der Waals surface area contributed by atoms with Gasteiger partial charge in [0.05, 0.1) is 14.2 Å². The van der Waals surface area contributed by atoms with Gasteiger partial charge >= 0.3 is 70.8 Å². The summed E-state index contributed by atoms with van der Waals surface area (Å²) in [7, 11) is 2.73. The van der Waals surface area contributed by atoms with E-state index in [1.165, 1.54) is 39.9 Å². The van der Waals surface area contributed by atoms with E-state index in [-0.39, 0.29) is 22.9 Å². The van der Waals surface area contributed by atoms with Crippen LogP contribution in [0.15, 0.2) is 0 Å². The summed E-state index contributed by atoms with van der Waals surface area (Å²) in [6.45, 7) is 4.59. The Balaban J connectivity index is 0. The molecule has 0 heterocycles. The number of unbranched alkanes of at least 4 members (excludes halogenated alkanes) is 2. The van der Waals surface area contributed by atoms with Gasteiger partial charge in [-0.05, 0) is 0 Å². The molecule has 4 heteroatoms. The van der Waals surface area contributed by atoms with Crippen LogP contribution in [-0.2, 0) is 37.7 Å². The first-order chi connectivity index (χ1) is 6.83. The molecule has 0 unspecified atom stereocenters. The second-order valence-electron chi connectivity index (χ2n) is 2.86. The average molecular weight is 371 g/mol. The van der Waals surface area contributed by atoms with Crippen LogP contribution in [0.1, 0.15) is 39.5 Å². The van der Waals surface area contributed by atoms with Crippen molar-refractivity contribution in [1.29, 1.82) is 0 Å². The van der Waals surface area contributed by atoms with E-state index in [2.05, 4.69) is 28.7 Å². The summed E-state index contributed by atoms with van der Waals surface area (Å²) in [5.41, 5.74) is 0. The third-order valence-electron chi connectivity index (χ3n) is 1.55. The van der Waals surface area contributed by atoms with E-state index in [0.29, 0.717) is 0 Å². The van der Waals surface area contributed by atoms with Gasteiger partial charge in [0, 0.05) is 0 Å². The molecule has 0 N–H and O–H groups in total. The van der Waals surface area contributed by atoms with Gasteiger partial charge in [0.15, 0.2) is 0 Å². The molecule has 0 radical (unpaired) electrons.